The Kier molecular flexibility index (Phi) is 5.49. The molecule has 1 aromatic heterocycles. The molecule has 0 atom stereocenters. The van der Waals surface area contributed by atoms with Gasteiger partial charge in [-0.3, -0.25) is 4.79 Å². The van der Waals surface area contributed by atoms with E-state index in [2.05, 4.69) is 15.3 Å². The van der Waals surface area contributed by atoms with Gasteiger partial charge in [0.05, 0.1) is 0 Å². The maximum atomic E-state index is 12.4. The highest BCUT2D eigenvalue weighted by Gasteiger charge is 2.09. The Hall–Kier alpha value is -3.70. The predicted octanol–water partition coefficient (Wildman–Crippen LogP) is 5.84. The van der Waals surface area contributed by atoms with Crippen LogP contribution in [0.2, 0.25) is 5.02 Å². The monoisotopic (exact) mass is 401 g/mol. The molecule has 0 unspecified atom stereocenters. The number of hydrogen-bond acceptors (Lipinski definition) is 4. The second-order valence-corrected chi connectivity index (χ2v) is 6.61. The molecule has 0 aliphatic heterocycles. The van der Waals surface area contributed by atoms with Crippen molar-refractivity contribution in [1.29, 1.82) is 0 Å². The molecule has 3 aromatic carbocycles. The van der Waals surface area contributed by atoms with Crippen LogP contribution in [0.25, 0.3) is 11.4 Å². The molecule has 29 heavy (non-hydrogen) atoms. The van der Waals surface area contributed by atoms with Crippen LogP contribution in [0.3, 0.4) is 0 Å². The van der Waals surface area contributed by atoms with Gasteiger partial charge >= 0.3 is 0 Å². The quantitative estimate of drug-likeness (QED) is 0.456. The lowest BCUT2D eigenvalue weighted by Gasteiger charge is -2.08. The Morgan fingerprint density at radius 1 is 0.862 bits per heavy atom. The van der Waals surface area contributed by atoms with Gasteiger partial charge in [-0.05, 0) is 48.5 Å². The highest BCUT2D eigenvalue weighted by atomic mass is 35.5. The van der Waals surface area contributed by atoms with Crippen molar-refractivity contribution in [2.45, 2.75) is 0 Å². The summed E-state index contributed by atoms with van der Waals surface area (Å²) >= 11 is 5.86. The SMILES string of the molecule is O=C(Nc1ccc(Cl)cc1)c1ccc(-c2nccc(Oc3ccccc3)n2)cc1. The second kappa shape index (κ2) is 8.54. The molecule has 0 spiro atoms. The molecule has 0 saturated heterocycles. The van der Waals surface area contributed by atoms with Crippen LogP contribution in [0.5, 0.6) is 11.6 Å². The van der Waals surface area contributed by atoms with Crippen molar-refractivity contribution in [3.63, 3.8) is 0 Å². The van der Waals surface area contributed by atoms with Gasteiger partial charge in [0.25, 0.3) is 5.91 Å². The topological polar surface area (TPSA) is 64.1 Å². The van der Waals surface area contributed by atoms with Gasteiger partial charge in [0.2, 0.25) is 5.88 Å². The van der Waals surface area contributed by atoms with Gasteiger partial charge in [-0.15, -0.1) is 0 Å². The van der Waals surface area contributed by atoms with Gasteiger partial charge in [0.15, 0.2) is 5.82 Å². The van der Waals surface area contributed by atoms with Gasteiger partial charge < -0.3 is 10.1 Å². The summed E-state index contributed by atoms with van der Waals surface area (Å²) in [5, 5.41) is 3.45. The van der Waals surface area contributed by atoms with Crippen LogP contribution in [0.15, 0.2) is 91.1 Å². The zero-order valence-corrected chi connectivity index (χ0v) is 16.0. The van der Waals surface area contributed by atoms with E-state index in [0.717, 1.165) is 5.56 Å². The molecule has 0 bridgehead atoms. The summed E-state index contributed by atoms with van der Waals surface area (Å²) in [6.07, 6.45) is 1.64. The number of carbonyl (C=O) groups is 1. The van der Waals surface area contributed by atoms with Crippen molar-refractivity contribution in [2.75, 3.05) is 5.32 Å². The number of anilines is 1. The molecule has 6 heteroatoms. The van der Waals surface area contributed by atoms with Gasteiger partial charge in [0.1, 0.15) is 5.75 Å². The Morgan fingerprint density at radius 2 is 1.59 bits per heavy atom. The van der Waals surface area contributed by atoms with Crippen LogP contribution in [0.1, 0.15) is 10.4 Å². The van der Waals surface area contributed by atoms with E-state index in [1.165, 1.54) is 0 Å². The summed E-state index contributed by atoms with van der Waals surface area (Å²) in [5.74, 6) is 1.46. The third-order valence-electron chi connectivity index (χ3n) is 4.10. The van der Waals surface area contributed by atoms with Gasteiger partial charge in [-0.25, -0.2) is 4.98 Å². The molecule has 0 aliphatic rings. The van der Waals surface area contributed by atoms with E-state index in [1.807, 2.05) is 30.3 Å². The van der Waals surface area contributed by atoms with E-state index < -0.39 is 0 Å². The number of benzene rings is 3. The van der Waals surface area contributed by atoms with Crippen molar-refractivity contribution in [1.82, 2.24) is 9.97 Å². The fourth-order valence-corrected chi connectivity index (χ4v) is 2.78. The number of aromatic nitrogens is 2. The lowest BCUT2D eigenvalue weighted by molar-refractivity contribution is 0.102. The summed E-state index contributed by atoms with van der Waals surface area (Å²) in [6.45, 7) is 0. The Bertz CT molecular complexity index is 1110. The maximum absolute atomic E-state index is 12.4. The third-order valence-corrected chi connectivity index (χ3v) is 4.36. The number of ether oxygens (including phenoxy) is 1. The van der Waals surface area contributed by atoms with Crippen molar-refractivity contribution in [3.8, 4) is 23.0 Å². The molecule has 1 heterocycles. The summed E-state index contributed by atoms with van der Waals surface area (Å²) in [4.78, 5) is 21.1. The predicted molar refractivity (Wildman–Crippen MR) is 113 cm³/mol. The number of halogens is 1. The van der Waals surface area contributed by atoms with E-state index in [0.29, 0.717) is 33.7 Å². The fraction of sp³-hybridized carbons (Fsp3) is 0. The molecular formula is C23H16ClN3O2. The first-order valence-corrected chi connectivity index (χ1v) is 9.28. The van der Waals surface area contributed by atoms with Crippen molar-refractivity contribution >= 4 is 23.2 Å². The Balaban J connectivity index is 1.48. The standard InChI is InChI=1S/C23H16ClN3O2/c24-18-10-12-19(13-11-18)26-23(28)17-8-6-16(7-9-17)22-25-15-14-21(27-22)29-20-4-2-1-3-5-20/h1-15H,(H,26,28). The molecule has 1 N–H and O–H groups in total. The normalized spacial score (nSPS) is 10.4. The minimum atomic E-state index is -0.207. The van der Waals surface area contributed by atoms with E-state index in [-0.39, 0.29) is 5.91 Å². The molecule has 0 saturated carbocycles. The van der Waals surface area contributed by atoms with Crippen LogP contribution in [-0.2, 0) is 0 Å². The van der Waals surface area contributed by atoms with E-state index in [1.54, 1.807) is 60.8 Å². The number of para-hydroxylation sites is 1. The first kappa shape index (κ1) is 18.7. The van der Waals surface area contributed by atoms with Crippen LogP contribution in [0.4, 0.5) is 5.69 Å². The molecule has 0 aliphatic carbocycles. The molecule has 142 valence electrons. The van der Waals surface area contributed by atoms with Crippen LogP contribution >= 0.6 is 11.6 Å². The first-order valence-electron chi connectivity index (χ1n) is 8.91. The van der Waals surface area contributed by atoms with Crippen LogP contribution in [-0.4, -0.2) is 15.9 Å². The molecule has 1 amide bonds. The highest BCUT2D eigenvalue weighted by Crippen LogP contribution is 2.22. The highest BCUT2D eigenvalue weighted by molar-refractivity contribution is 6.30. The van der Waals surface area contributed by atoms with Gasteiger partial charge in [-0.1, -0.05) is 41.9 Å². The second-order valence-electron chi connectivity index (χ2n) is 6.17. The summed E-state index contributed by atoms with van der Waals surface area (Å²) in [5.41, 5.74) is 1.99. The number of hydrogen-bond donors (Lipinski definition) is 1. The third kappa shape index (κ3) is 4.78. The minimum Gasteiger partial charge on any atom is -0.439 e. The number of rotatable bonds is 5. The lowest BCUT2D eigenvalue weighted by atomic mass is 10.1. The van der Waals surface area contributed by atoms with E-state index in [4.69, 9.17) is 16.3 Å². The Labute approximate surface area is 173 Å². The zero-order valence-electron chi connectivity index (χ0n) is 15.2. The number of carbonyl (C=O) groups excluding carboxylic acids is 1. The summed E-state index contributed by atoms with van der Waals surface area (Å²) in [6, 6.07) is 25.1. The molecule has 0 radical (unpaired) electrons. The van der Waals surface area contributed by atoms with Gasteiger partial charge in [0, 0.05) is 34.1 Å². The lowest BCUT2D eigenvalue weighted by Crippen LogP contribution is -2.11. The molecule has 4 rings (SSSR count). The maximum Gasteiger partial charge on any atom is 0.255 e. The largest absolute Gasteiger partial charge is 0.439 e. The summed E-state index contributed by atoms with van der Waals surface area (Å²) in [7, 11) is 0. The van der Waals surface area contributed by atoms with E-state index in [9.17, 15) is 4.79 Å². The molecular weight excluding hydrogens is 386 g/mol. The fourth-order valence-electron chi connectivity index (χ4n) is 2.65. The zero-order chi connectivity index (χ0) is 20.1. The van der Waals surface area contributed by atoms with Crippen molar-refractivity contribution in [3.05, 3.63) is 102 Å². The smallest absolute Gasteiger partial charge is 0.255 e. The van der Waals surface area contributed by atoms with Crippen molar-refractivity contribution in [2.24, 2.45) is 0 Å². The minimum absolute atomic E-state index is 0.207. The molecule has 5 nitrogen and oxygen atoms in total. The molecule has 0 fully saturated rings. The average Bonchev–Trinajstić information content (AvgIpc) is 2.76. The van der Waals surface area contributed by atoms with E-state index >= 15 is 0 Å². The molecule has 4 aromatic rings. The van der Waals surface area contributed by atoms with Crippen LogP contribution < -0.4 is 10.1 Å². The first-order chi connectivity index (χ1) is 14.2. The average molecular weight is 402 g/mol. The summed E-state index contributed by atoms with van der Waals surface area (Å²) < 4.78 is 5.75. The number of amides is 1. The number of nitrogens with one attached hydrogen (secondary N) is 1. The Morgan fingerprint density at radius 3 is 2.31 bits per heavy atom. The van der Waals surface area contributed by atoms with Gasteiger partial charge in [-0.2, -0.15) is 4.98 Å². The van der Waals surface area contributed by atoms with Crippen molar-refractivity contribution < 1.29 is 9.53 Å². The number of nitrogens with zero attached hydrogens (tertiary/aromatic N) is 2. The van der Waals surface area contributed by atoms with Crippen LogP contribution in [0, 0.1) is 0 Å².